The highest BCUT2D eigenvalue weighted by Crippen LogP contribution is 2.25. The van der Waals surface area contributed by atoms with Gasteiger partial charge < -0.3 is 25.5 Å². The number of hydrogen-bond acceptors (Lipinski definition) is 4. The van der Waals surface area contributed by atoms with Gasteiger partial charge in [-0.3, -0.25) is 0 Å². The minimum absolute atomic E-state index is 0.00642. The van der Waals surface area contributed by atoms with Gasteiger partial charge in [0.05, 0.1) is 0 Å². The van der Waals surface area contributed by atoms with Gasteiger partial charge in [-0.15, -0.1) is 0 Å². The maximum absolute atomic E-state index is 11.7. The third-order valence-electron chi connectivity index (χ3n) is 2.90. The third-order valence-corrected chi connectivity index (χ3v) is 2.90. The van der Waals surface area contributed by atoms with Crippen molar-refractivity contribution in [1.82, 2.24) is 10.2 Å². The Balaban J connectivity index is 2.79. The fourth-order valence-corrected chi connectivity index (χ4v) is 1.53. The van der Waals surface area contributed by atoms with Crippen LogP contribution in [0.25, 0.3) is 0 Å². The van der Waals surface area contributed by atoms with Gasteiger partial charge in [-0.2, -0.15) is 0 Å². The van der Waals surface area contributed by atoms with Gasteiger partial charge >= 0.3 is 12.0 Å². The van der Waals surface area contributed by atoms with Crippen molar-refractivity contribution >= 4 is 12.0 Å². The zero-order valence-electron chi connectivity index (χ0n) is 11.3. The summed E-state index contributed by atoms with van der Waals surface area (Å²) in [5.41, 5.74) is 0.493. The first-order valence-corrected chi connectivity index (χ1v) is 6.10. The maximum Gasteiger partial charge on any atom is 0.326 e. The number of rotatable bonds is 5. The van der Waals surface area contributed by atoms with E-state index in [0.29, 0.717) is 12.1 Å². The molecule has 0 aliphatic carbocycles. The normalized spacial score (nSPS) is 11.7. The van der Waals surface area contributed by atoms with Crippen molar-refractivity contribution in [2.45, 2.75) is 19.4 Å². The molecule has 0 fully saturated rings. The van der Waals surface area contributed by atoms with Crippen LogP contribution in [-0.2, 0) is 11.2 Å². The van der Waals surface area contributed by atoms with Crippen molar-refractivity contribution in [3.05, 3.63) is 23.8 Å². The number of carbonyl (C=O) groups excluding carboxylic acids is 1. The van der Waals surface area contributed by atoms with Gasteiger partial charge in [0, 0.05) is 20.0 Å². The first kappa shape index (κ1) is 15.6. The molecule has 1 aromatic carbocycles. The van der Waals surface area contributed by atoms with Crippen LogP contribution in [0.4, 0.5) is 4.79 Å². The second-order valence-electron chi connectivity index (χ2n) is 4.38. The molecule has 20 heavy (non-hydrogen) atoms. The molecule has 0 saturated carbocycles. The number of phenols is 2. The topological polar surface area (TPSA) is 110 Å². The lowest BCUT2D eigenvalue weighted by Crippen LogP contribution is -2.47. The Kier molecular flexibility index (Phi) is 5.19. The van der Waals surface area contributed by atoms with Gasteiger partial charge in [0.2, 0.25) is 0 Å². The van der Waals surface area contributed by atoms with E-state index >= 15 is 0 Å². The summed E-state index contributed by atoms with van der Waals surface area (Å²) in [4.78, 5) is 24.2. The van der Waals surface area contributed by atoms with E-state index in [4.69, 9.17) is 5.11 Å². The van der Waals surface area contributed by atoms with Crippen LogP contribution in [0.2, 0.25) is 0 Å². The van der Waals surface area contributed by atoms with E-state index in [-0.39, 0.29) is 17.9 Å². The number of nitrogens with one attached hydrogen (secondary N) is 1. The number of carboxylic acid groups (broad SMARTS) is 1. The van der Waals surface area contributed by atoms with Crippen LogP contribution in [0, 0.1) is 0 Å². The molecule has 0 aliphatic rings. The Bertz CT molecular complexity index is 504. The molecule has 4 N–H and O–H groups in total. The predicted octanol–water partition coefficient (Wildman–Crippen LogP) is 0.755. The molecule has 1 unspecified atom stereocenters. The molecule has 1 rings (SSSR count). The van der Waals surface area contributed by atoms with Crippen LogP contribution in [0.3, 0.4) is 0 Å². The van der Waals surface area contributed by atoms with Gasteiger partial charge in [-0.1, -0.05) is 6.07 Å². The minimum Gasteiger partial charge on any atom is -0.504 e. The molecule has 0 bridgehead atoms. The number of hydrogen-bond donors (Lipinski definition) is 4. The second kappa shape index (κ2) is 6.65. The average Bonchev–Trinajstić information content (AvgIpc) is 2.40. The van der Waals surface area contributed by atoms with Crippen molar-refractivity contribution in [2.75, 3.05) is 13.6 Å². The Morgan fingerprint density at radius 3 is 2.45 bits per heavy atom. The third kappa shape index (κ3) is 4.04. The van der Waals surface area contributed by atoms with Gasteiger partial charge in [-0.25, -0.2) is 9.59 Å². The number of carbonyl (C=O) groups is 2. The van der Waals surface area contributed by atoms with E-state index in [2.05, 4.69) is 5.32 Å². The van der Waals surface area contributed by atoms with Crippen molar-refractivity contribution in [3.8, 4) is 11.5 Å². The van der Waals surface area contributed by atoms with E-state index in [9.17, 15) is 19.8 Å². The van der Waals surface area contributed by atoms with E-state index in [1.807, 2.05) is 0 Å². The van der Waals surface area contributed by atoms with Gasteiger partial charge in [0.25, 0.3) is 0 Å². The van der Waals surface area contributed by atoms with Gasteiger partial charge in [-0.05, 0) is 24.6 Å². The molecule has 110 valence electrons. The number of aromatic hydroxyl groups is 2. The zero-order chi connectivity index (χ0) is 15.3. The molecule has 0 saturated heterocycles. The summed E-state index contributed by atoms with van der Waals surface area (Å²) < 4.78 is 0. The van der Waals surface area contributed by atoms with Crippen LogP contribution >= 0.6 is 0 Å². The highest BCUT2D eigenvalue weighted by atomic mass is 16.4. The summed E-state index contributed by atoms with van der Waals surface area (Å²) in [6.45, 7) is 2.23. The number of nitrogens with zero attached hydrogens (tertiary/aromatic N) is 1. The Hall–Kier alpha value is -2.44. The predicted molar refractivity (Wildman–Crippen MR) is 71.7 cm³/mol. The number of benzene rings is 1. The minimum atomic E-state index is -1.17. The maximum atomic E-state index is 11.7. The lowest BCUT2D eigenvalue weighted by molar-refractivity contribution is -0.139. The van der Waals surface area contributed by atoms with Crippen LogP contribution in [-0.4, -0.2) is 51.9 Å². The molecule has 0 aromatic heterocycles. The number of phenolic OH excluding ortho intramolecular Hbond substituents is 2. The highest BCUT2D eigenvalue weighted by molar-refractivity contribution is 5.82. The van der Waals surface area contributed by atoms with Crippen LogP contribution in [0.1, 0.15) is 12.5 Å². The van der Waals surface area contributed by atoms with Gasteiger partial charge in [0.15, 0.2) is 11.5 Å². The summed E-state index contributed by atoms with van der Waals surface area (Å²) in [7, 11) is 1.56. The van der Waals surface area contributed by atoms with Crippen molar-refractivity contribution in [2.24, 2.45) is 0 Å². The van der Waals surface area contributed by atoms with E-state index in [0.717, 1.165) is 0 Å². The molecule has 7 heteroatoms. The van der Waals surface area contributed by atoms with Crippen molar-refractivity contribution < 1.29 is 24.9 Å². The molecular weight excluding hydrogens is 264 g/mol. The molecule has 2 amide bonds. The van der Waals surface area contributed by atoms with Crippen molar-refractivity contribution in [1.29, 1.82) is 0 Å². The molecule has 1 atom stereocenters. The summed E-state index contributed by atoms with van der Waals surface area (Å²) in [6, 6.07) is 2.42. The Morgan fingerprint density at radius 1 is 1.30 bits per heavy atom. The lowest BCUT2D eigenvalue weighted by Gasteiger charge is -2.20. The van der Waals surface area contributed by atoms with E-state index in [1.54, 1.807) is 14.0 Å². The standard InChI is InChI=1S/C13H18N2O5/c1-3-15(2)13(20)14-9(12(18)19)6-8-4-5-10(16)11(17)7-8/h4-5,7,9,16-17H,3,6H2,1-2H3,(H,14,20)(H,18,19). The quantitative estimate of drug-likeness (QED) is 0.596. The fraction of sp³-hybridized carbons (Fsp3) is 0.385. The molecule has 0 radical (unpaired) electrons. The molecule has 0 heterocycles. The summed E-state index contributed by atoms with van der Waals surface area (Å²) in [5, 5.41) is 30.1. The monoisotopic (exact) mass is 282 g/mol. The van der Waals surface area contributed by atoms with E-state index in [1.165, 1.54) is 23.1 Å². The highest BCUT2D eigenvalue weighted by Gasteiger charge is 2.22. The fourth-order valence-electron chi connectivity index (χ4n) is 1.53. The number of amides is 2. The first-order chi connectivity index (χ1) is 9.35. The Labute approximate surface area is 116 Å². The summed E-state index contributed by atoms with van der Waals surface area (Å²) >= 11 is 0. The summed E-state index contributed by atoms with van der Waals surface area (Å²) in [5.74, 6) is -1.78. The van der Waals surface area contributed by atoms with E-state index < -0.39 is 18.0 Å². The second-order valence-corrected chi connectivity index (χ2v) is 4.38. The molecule has 1 aromatic rings. The smallest absolute Gasteiger partial charge is 0.326 e. The number of carboxylic acids is 1. The molecule has 0 aliphatic heterocycles. The molecular formula is C13H18N2O5. The van der Waals surface area contributed by atoms with Gasteiger partial charge in [0.1, 0.15) is 6.04 Å². The lowest BCUT2D eigenvalue weighted by atomic mass is 10.1. The zero-order valence-corrected chi connectivity index (χ0v) is 11.3. The Morgan fingerprint density at radius 2 is 1.95 bits per heavy atom. The van der Waals surface area contributed by atoms with Crippen LogP contribution in [0.5, 0.6) is 11.5 Å². The number of urea groups is 1. The largest absolute Gasteiger partial charge is 0.504 e. The molecule has 0 spiro atoms. The summed E-state index contributed by atoms with van der Waals surface area (Å²) in [6.07, 6.45) is 0.00642. The number of aliphatic carboxylic acids is 1. The SMILES string of the molecule is CCN(C)C(=O)NC(Cc1ccc(O)c(O)c1)C(=O)O. The first-order valence-electron chi connectivity index (χ1n) is 6.10. The van der Waals surface area contributed by atoms with Crippen LogP contribution in [0.15, 0.2) is 18.2 Å². The van der Waals surface area contributed by atoms with Crippen LogP contribution < -0.4 is 5.32 Å². The van der Waals surface area contributed by atoms with Crippen molar-refractivity contribution in [3.63, 3.8) is 0 Å². The average molecular weight is 282 g/mol. The molecule has 7 nitrogen and oxygen atoms in total.